The molecule has 4 heteroatoms. The first-order valence-electron chi connectivity index (χ1n) is 6.05. The summed E-state index contributed by atoms with van der Waals surface area (Å²) in [6.07, 6.45) is 3.44. The van der Waals surface area contributed by atoms with Crippen molar-refractivity contribution < 1.29 is 4.79 Å². The fourth-order valence-electron chi connectivity index (χ4n) is 1.55. The first kappa shape index (κ1) is 13.7. The van der Waals surface area contributed by atoms with Crippen LogP contribution < -0.4 is 16.8 Å². The molecular weight excluding hydrogens is 214 g/mol. The normalized spacial score (nSPS) is 10.2. The Morgan fingerprint density at radius 1 is 1.06 bits per heavy atom. The fraction of sp³-hybridized carbons (Fsp3) is 0.462. The van der Waals surface area contributed by atoms with Crippen molar-refractivity contribution in [3.63, 3.8) is 0 Å². The van der Waals surface area contributed by atoms with E-state index in [9.17, 15) is 4.79 Å². The predicted octanol–water partition coefficient (Wildman–Crippen LogP) is 1.60. The van der Waals surface area contributed by atoms with Gasteiger partial charge in [-0.15, -0.1) is 0 Å². The Morgan fingerprint density at radius 2 is 1.76 bits per heavy atom. The SMILES string of the molecule is NCCCCCC(=O)Nc1ccc(CN)cc1. The quantitative estimate of drug-likeness (QED) is 0.628. The van der Waals surface area contributed by atoms with Gasteiger partial charge in [-0.05, 0) is 37.1 Å². The number of nitrogens with two attached hydrogens (primary N) is 2. The molecule has 1 aromatic rings. The second-order valence-corrected chi connectivity index (χ2v) is 4.05. The summed E-state index contributed by atoms with van der Waals surface area (Å²) in [5, 5.41) is 2.86. The maximum atomic E-state index is 11.6. The smallest absolute Gasteiger partial charge is 0.224 e. The molecule has 4 nitrogen and oxygen atoms in total. The summed E-state index contributed by atoms with van der Waals surface area (Å²) in [7, 11) is 0. The molecule has 0 unspecified atom stereocenters. The molecule has 0 spiro atoms. The molecule has 1 rings (SSSR count). The molecule has 5 N–H and O–H groups in total. The van der Waals surface area contributed by atoms with Crippen LogP contribution in [0.2, 0.25) is 0 Å². The van der Waals surface area contributed by atoms with E-state index in [4.69, 9.17) is 11.5 Å². The Labute approximate surface area is 102 Å². The lowest BCUT2D eigenvalue weighted by Crippen LogP contribution is -2.11. The highest BCUT2D eigenvalue weighted by molar-refractivity contribution is 5.90. The molecule has 94 valence electrons. The van der Waals surface area contributed by atoms with Gasteiger partial charge in [-0.3, -0.25) is 4.79 Å². The van der Waals surface area contributed by atoms with Crippen molar-refractivity contribution in [1.82, 2.24) is 0 Å². The van der Waals surface area contributed by atoms with Gasteiger partial charge in [-0.1, -0.05) is 18.6 Å². The van der Waals surface area contributed by atoms with Gasteiger partial charge in [0.05, 0.1) is 0 Å². The molecule has 0 aliphatic carbocycles. The standard InChI is InChI=1S/C13H21N3O/c14-9-3-1-2-4-13(17)16-12-7-5-11(10-15)6-8-12/h5-8H,1-4,9-10,14-15H2,(H,16,17). The van der Waals surface area contributed by atoms with E-state index < -0.39 is 0 Å². The summed E-state index contributed by atoms with van der Waals surface area (Å²) in [5.74, 6) is 0.0579. The average molecular weight is 235 g/mol. The lowest BCUT2D eigenvalue weighted by Gasteiger charge is -2.05. The van der Waals surface area contributed by atoms with E-state index in [1.165, 1.54) is 0 Å². The first-order chi connectivity index (χ1) is 8.26. The minimum atomic E-state index is 0.0579. The molecule has 0 aromatic heterocycles. The number of carbonyl (C=O) groups is 1. The fourth-order valence-corrected chi connectivity index (χ4v) is 1.55. The van der Waals surface area contributed by atoms with Crippen molar-refractivity contribution >= 4 is 11.6 Å². The topological polar surface area (TPSA) is 81.1 Å². The van der Waals surface area contributed by atoms with E-state index in [0.29, 0.717) is 19.5 Å². The Kier molecular flexibility index (Phi) is 6.29. The molecule has 0 radical (unpaired) electrons. The highest BCUT2D eigenvalue weighted by Gasteiger charge is 2.01. The summed E-state index contributed by atoms with van der Waals surface area (Å²) in [6, 6.07) is 7.59. The van der Waals surface area contributed by atoms with Crippen LogP contribution in [-0.4, -0.2) is 12.5 Å². The number of unbranched alkanes of at least 4 members (excludes halogenated alkanes) is 2. The molecule has 0 bridgehead atoms. The molecule has 0 saturated heterocycles. The predicted molar refractivity (Wildman–Crippen MR) is 70.5 cm³/mol. The molecule has 0 saturated carbocycles. The van der Waals surface area contributed by atoms with Gasteiger partial charge in [0, 0.05) is 18.7 Å². The molecule has 1 amide bonds. The molecule has 0 aliphatic heterocycles. The minimum absolute atomic E-state index is 0.0579. The van der Waals surface area contributed by atoms with Gasteiger partial charge in [0.15, 0.2) is 0 Å². The molecule has 17 heavy (non-hydrogen) atoms. The van der Waals surface area contributed by atoms with Crippen LogP contribution in [0.15, 0.2) is 24.3 Å². The second-order valence-electron chi connectivity index (χ2n) is 4.05. The molecule has 1 aromatic carbocycles. The van der Waals surface area contributed by atoms with Gasteiger partial charge in [0.1, 0.15) is 0 Å². The van der Waals surface area contributed by atoms with Crippen LogP contribution in [0.1, 0.15) is 31.2 Å². The van der Waals surface area contributed by atoms with Gasteiger partial charge in [-0.25, -0.2) is 0 Å². The van der Waals surface area contributed by atoms with E-state index in [0.717, 1.165) is 30.5 Å². The highest BCUT2D eigenvalue weighted by atomic mass is 16.1. The van der Waals surface area contributed by atoms with E-state index >= 15 is 0 Å². The summed E-state index contributed by atoms with van der Waals surface area (Å²) < 4.78 is 0. The number of nitrogens with one attached hydrogen (secondary N) is 1. The van der Waals surface area contributed by atoms with E-state index in [2.05, 4.69) is 5.32 Å². The zero-order chi connectivity index (χ0) is 12.5. The maximum absolute atomic E-state index is 11.6. The van der Waals surface area contributed by atoms with Crippen LogP contribution in [-0.2, 0) is 11.3 Å². The third-order valence-corrected chi connectivity index (χ3v) is 2.58. The zero-order valence-electron chi connectivity index (χ0n) is 10.1. The molecule has 0 heterocycles. The summed E-state index contributed by atoms with van der Waals surface area (Å²) in [5.41, 5.74) is 12.8. The van der Waals surface area contributed by atoms with Crippen LogP contribution in [0.25, 0.3) is 0 Å². The molecular formula is C13H21N3O. The van der Waals surface area contributed by atoms with Crippen molar-refractivity contribution in [3.8, 4) is 0 Å². The number of hydrogen-bond acceptors (Lipinski definition) is 3. The second kappa shape index (κ2) is 7.81. The maximum Gasteiger partial charge on any atom is 0.224 e. The van der Waals surface area contributed by atoms with Crippen molar-refractivity contribution in [1.29, 1.82) is 0 Å². The van der Waals surface area contributed by atoms with E-state index in [-0.39, 0.29) is 5.91 Å². The average Bonchev–Trinajstić information content (AvgIpc) is 2.36. The van der Waals surface area contributed by atoms with Crippen LogP contribution in [0.3, 0.4) is 0 Å². The van der Waals surface area contributed by atoms with Gasteiger partial charge in [0.25, 0.3) is 0 Å². The van der Waals surface area contributed by atoms with E-state index in [1.54, 1.807) is 0 Å². The number of anilines is 1. The summed E-state index contributed by atoms with van der Waals surface area (Å²) in [4.78, 5) is 11.6. The first-order valence-corrected chi connectivity index (χ1v) is 6.05. The van der Waals surface area contributed by atoms with Gasteiger partial charge >= 0.3 is 0 Å². The zero-order valence-corrected chi connectivity index (χ0v) is 10.1. The van der Waals surface area contributed by atoms with Crippen LogP contribution in [0.5, 0.6) is 0 Å². The molecule has 0 fully saturated rings. The van der Waals surface area contributed by atoms with Gasteiger partial charge < -0.3 is 16.8 Å². The number of benzene rings is 1. The van der Waals surface area contributed by atoms with E-state index in [1.807, 2.05) is 24.3 Å². The third kappa shape index (κ3) is 5.47. The number of carbonyl (C=O) groups excluding carboxylic acids is 1. The minimum Gasteiger partial charge on any atom is -0.330 e. The van der Waals surface area contributed by atoms with Crippen molar-refractivity contribution in [2.24, 2.45) is 11.5 Å². The Morgan fingerprint density at radius 3 is 2.35 bits per heavy atom. The van der Waals surface area contributed by atoms with Gasteiger partial charge in [0.2, 0.25) is 5.91 Å². The molecule has 0 atom stereocenters. The Balaban J connectivity index is 2.29. The third-order valence-electron chi connectivity index (χ3n) is 2.58. The lowest BCUT2D eigenvalue weighted by atomic mass is 10.1. The monoisotopic (exact) mass is 235 g/mol. The number of rotatable bonds is 7. The number of amides is 1. The van der Waals surface area contributed by atoms with Crippen molar-refractivity contribution in [2.45, 2.75) is 32.2 Å². The van der Waals surface area contributed by atoms with Crippen LogP contribution >= 0.6 is 0 Å². The lowest BCUT2D eigenvalue weighted by molar-refractivity contribution is -0.116. The summed E-state index contributed by atoms with van der Waals surface area (Å²) in [6.45, 7) is 1.22. The van der Waals surface area contributed by atoms with Gasteiger partial charge in [-0.2, -0.15) is 0 Å². The largest absolute Gasteiger partial charge is 0.330 e. The Hall–Kier alpha value is -1.39. The van der Waals surface area contributed by atoms with Crippen LogP contribution in [0, 0.1) is 0 Å². The van der Waals surface area contributed by atoms with Crippen molar-refractivity contribution in [3.05, 3.63) is 29.8 Å². The summed E-state index contributed by atoms with van der Waals surface area (Å²) >= 11 is 0. The number of hydrogen-bond donors (Lipinski definition) is 3. The highest BCUT2D eigenvalue weighted by Crippen LogP contribution is 2.10. The van der Waals surface area contributed by atoms with Crippen LogP contribution in [0.4, 0.5) is 5.69 Å². The molecule has 0 aliphatic rings. The van der Waals surface area contributed by atoms with Crippen molar-refractivity contribution in [2.75, 3.05) is 11.9 Å². The Bertz CT molecular complexity index is 335.